The molecular formula is C16H23N5O2. The second-order valence-corrected chi connectivity index (χ2v) is 5.84. The second kappa shape index (κ2) is 6.87. The van der Waals surface area contributed by atoms with Gasteiger partial charge in [0.2, 0.25) is 5.91 Å². The SMILES string of the molecule is Cc1cc(C)nc(-n2nc(C)c(CC(=O)NC(C)CO)c2C)n1. The third-order valence-corrected chi connectivity index (χ3v) is 3.62. The van der Waals surface area contributed by atoms with E-state index in [1.165, 1.54) is 0 Å². The first-order valence-electron chi connectivity index (χ1n) is 7.59. The lowest BCUT2D eigenvalue weighted by atomic mass is 10.1. The Morgan fingerprint density at radius 3 is 2.43 bits per heavy atom. The number of carbonyl (C=O) groups is 1. The summed E-state index contributed by atoms with van der Waals surface area (Å²) in [5.41, 5.74) is 4.22. The molecule has 0 saturated carbocycles. The van der Waals surface area contributed by atoms with Crippen molar-refractivity contribution in [3.05, 3.63) is 34.4 Å². The van der Waals surface area contributed by atoms with Gasteiger partial charge in [0.25, 0.3) is 5.95 Å². The zero-order chi connectivity index (χ0) is 17.1. The standard InChI is InChI=1S/C16H23N5O2/c1-9-6-10(2)19-16(18-9)21-13(5)14(12(4)20-21)7-15(23)17-11(3)8-22/h6,11,22H,7-8H2,1-5H3,(H,17,23). The highest BCUT2D eigenvalue weighted by Crippen LogP contribution is 2.17. The fourth-order valence-corrected chi connectivity index (χ4v) is 2.46. The molecule has 2 heterocycles. The first kappa shape index (κ1) is 17.1. The summed E-state index contributed by atoms with van der Waals surface area (Å²) in [5, 5.41) is 16.2. The van der Waals surface area contributed by atoms with E-state index in [1.807, 2.05) is 33.8 Å². The predicted octanol–water partition coefficient (Wildman–Crippen LogP) is 0.935. The number of amides is 1. The Morgan fingerprint density at radius 1 is 1.26 bits per heavy atom. The molecule has 0 fully saturated rings. The number of carbonyl (C=O) groups excluding carboxylic acids is 1. The average molecular weight is 317 g/mol. The lowest BCUT2D eigenvalue weighted by Gasteiger charge is -2.11. The van der Waals surface area contributed by atoms with E-state index in [1.54, 1.807) is 11.6 Å². The minimum absolute atomic E-state index is 0.0840. The van der Waals surface area contributed by atoms with E-state index in [0.717, 1.165) is 28.3 Å². The molecule has 1 atom stereocenters. The first-order valence-corrected chi connectivity index (χ1v) is 7.59. The maximum atomic E-state index is 12.0. The number of aromatic nitrogens is 4. The molecule has 0 spiro atoms. The lowest BCUT2D eigenvalue weighted by molar-refractivity contribution is -0.121. The molecule has 2 N–H and O–H groups in total. The Bertz CT molecular complexity index is 703. The van der Waals surface area contributed by atoms with Crippen LogP contribution >= 0.6 is 0 Å². The van der Waals surface area contributed by atoms with Gasteiger partial charge in [-0.15, -0.1) is 0 Å². The number of nitrogens with one attached hydrogen (secondary N) is 1. The fourth-order valence-electron chi connectivity index (χ4n) is 2.46. The van der Waals surface area contributed by atoms with E-state index in [4.69, 9.17) is 5.11 Å². The molecule has 1 unspecified atom stereocenters. The molecule has 0 aromatic carbocycles. The van der Waals surface area contributed by atoms with E-state index < -0.39 is 0 Å². The summed E-state index contributed by atoms with van der Waals surface area (Å²) in [7, 11) is 0. The number of hydrogen-bond acceptors (Lipinski definition) is 5. The average Bonchev–Trinajstić information content (AvgIpc) is 2.74. The van der Waals surface area contributed by atoms with Crippen molar-refractivity contribution < 1.29 is 9.90 Å². The molecule has 2 rings (SSSR count). The number of hydrogen-bond donors (Lipinski definition) is 2. The highest BCUT2D eigenvalue weighted by molar-refractivity contribution is 5.79. The van der Waals surface area contributed by atoms with Crippen molar-refractivity contribution in [2.45, 2.75) is 47.1 Å². The van der Waals surface area contributed by atoms with Crippen molar-refractivity contribution in [3.63, 3.8) is 0 Å². The zero-order valence-electron chi connectivity index (χ0n) is 14.2. The van der Waals surface area contributed by atoms with Gasteiger partial charge < -0.3 is 10.4 Å². The van der Waals surface area contributed by atoms with Crippen molar-refractivity contribution >= 4 is 5.91 Å². The van der Waals surface area contributed by atoms with Crippen LogP contribution in [-0.4, -0.2) is 43.4 Å². The Balaban J connectivity index is 2.31. The van der Waals surface area contributed by atoms with E-state index in [0.29, 0.717) is 5.95 Å². The van der Waals surface area contributed by atoms with Crippen LogP contribution in [0.3, 0.4) is 0 Å². The van der Waals surface area contributed by atoms with Gasteiger partial charge in [-0.2, -0.15) is 5.10 Å². The molecular weight excluding hydrogens is 294 g/mol. The number of nitrogens with zero attached hydrogens (tertiary/aromatic N) is 4. The van der Waals surface area contributed by atoms with Crippen molar-refractivity contribution in [1.29, 1.82) is 0 Å². The molecule has 0 aliphatic rings. The van der Waals surface area contributed by atoms with Crippen LogP contribution in [-0.2, 0) is 11.2 Å². The molecule has 0 bridgehead atoms. The third kappa shape index (κ3) is 3.92. The minimum Gasteiger partial charge on any atom is -0.394 e. The van der Waals surface area contributed by atoms with Crippen molar-refractivity contribution in [2.75, 3.05) is 6.61 Å². The maximum Gasteiger partial charge on any atom is 0.251 e. The fraction of sp³-hybridized carbons (Fsp3) is 0.500. The van der Waals surface area contributed by atoms with Crippen LogP contribution in [0.1, 0.15) is 35.3 Å². The first-order chi connectivity index (χ1) is 10.8. The third-order valence-electron chi connectivity index (χ3n) is 3.62. The van der Waals surface area contributed by atoms with Gasteiger partial charge >= 0.3 is 0 Å². The highest BCUT2D eigenvalue weighted by atomic mass is 16.3. The maximum absolute atomic E-state index is 12.0. The van der Waals surface area contributed by atoms with Gasteiger partial charge in [-0.05, 0) is 40.7 Å². The van der Waals surface area contributed by atoms with Crippen molar-refractivity contribution in [1.82, 2.24) is 25.1 Å². The summed E-state index contributed by atoms with van der Waals surface area (Å²) in [6, 6.07) is 1.64. The van der Waals surface area contributed by atoms with Gasteiger partial charge in [0, 0.05) is 28.7 Å². The normalized spacial score (nSPS) is 12.3. The predicted molar refractivity (Wildman–Crippen MR) is 86.5 cm³/mol. The molecule has 0 aliphatic heterocycles. The summed E-state index contributed by atoms with van der Waals surface area (Å²) in [6.45, 7) is 9.26. The molecule has 0 aliphatic carbocycles. The molecule has 0 radical (unpaired) electrons. The molecule has 0 saturated heterocycles. The molecule has 7 heteroatoms. The van der Waals surface area contributed by atoms with Gasteiger partial charge in [0.1, 0.15) is 0 Å². The van der Waals surface area contributed by atoms with Crippen LogP contribution in [0.25, 0.3) is 5.95 Å². The van der Waals surface area contributed by atoms with Crippen molar-refractivity contribution in [3.8, 4) is 5.95 Å². The van der Waals surface area contributed by atoms with Gasteiger partial charge in [-0.1, -0.05) is 0 Å². The van der Waals surface area contributed by atoms with Crippen LogP contribution < -0.4 is 5.32 Å². The Morgan fingerprint density at radius 2 is 1.87 bits per heavy atom. The van der Waals surface area contributed by atoms with E-state index >= 15 is 0 Å². The summed E-state index contributed by atoms with van der Waals surface area (Å²) < 4.78 is 1.67. The topological polar surface area (TPSA) is 92.9 Å². The quantitative estimate of drug-likeness (QED) is 0.856. The van der Waals surface area contributed by atoms with E-state index in [-0.39, 0.29) is 25.0 Å². The zero-order valence-corrected chi connectivity index (χ0v) is 14.2. The summed E-state index contributed by atoms with van der Waals surface area (Å²) in [4.78, 5) is 20.9. The van der Waals surface area contributed by atoms with Crippen LogP contribution in [0.4, 0.5) is 0 Å². The summed E-state index contributed by atoms with van der Waals surface area (Å²) in [5.74, 6) is 0.372. The lowest BCUT2D eigenvalue weighted by Crippen LogP contribution is -2.36. The van der Waals surface area contributed by atoms with Gasteiger partial charge in [0.15, 0.2) is 0 Å². The highest BCUT2D eigenvalue weighted by Gasteiger charge is 2.18. The number of aliphatic hydroxyl groups is 1. The van der Waals surface area contributed by atoms with Crippen LogP contribution in [0.5, 0.6) is 0 Å². The minimum atomic E-state index is -0.263. The Hall–Kier alpha value is -2.28. The monoisotopic (exact) mass is 317 g/mol. The molecule has 23 heavy (non-hydrogen) atoms. The molecule has 2 aromatic rings. The largest absolute Gasteiger partial charge is 0.394 e. The Labute approximate surface area is 135 Å². The van der Waals surface area contributed by atoms with Crippen LogP contribution in [0.2, 0.25) is 0 Å². The van der Waals surface area contributed by atoms with Gasteiger partial charge in [0.05, 0.1) is 18.7 Å². The molecule has 1 amide bonds. The number of aryl methyl sites for hydroxylation is 3. The van der Waals surface area contributed by atoms with Gasteiger partial charge in [-0.3, -0.25) is 4.79 Å². The molecule has 124 valence electrons. The van der Waals surface area contributed by atoms with Crippen molar-refractivity contribution in [2.24, 2.45) is 0 Å². The smallest absolute Gasteiger partial charge is 0.251 e. The summed E-state index contributed by atoms with van der Waals surface area (Å²) in [6.07, 6.45) is 0.215. The van der Waals surface area contributed by atoms with Crippen LogP contribution in [0.15, 0.2) is 6.07 Å². The van der Waals surface area contributed by atoms with E-state index in [2.05, 4.69) is 20.4 Å². The number of aliphatic hydroxyl groups excluding tert-OH is 1. The van der Waals surface area contributed by atoms with Gasteiger partial charge in [-0.25, -0.2) is 14.6 Å². The second-order valence-electron chi connectivity index (χ2n) is 5.84. The number of rotatable bonds is 5. The molecule has 2 aromatic heterocycles. The van der Waals surface area contributed by atoms with Crippen LogP contribution in [0, 0.1) is 27.7 Å². The van der Waals surface area contributed by atoms with E-state index in [9.17, 15) is 4.79 Å². The molecule has 7 nitrogen and oxygen atoms in total. The Kier molecular flexibility index (Phi) is 5.10. The summed E-state index contributed by atoms with van der Waals surface area (Å²) >= 11 is 0.